The third-order valence-electron chi connectivity index (χ3n) is 3.49. The molecular weight excluding hydrogens is 288 g/mol. The summed E-state index contributed by atoms with van der Waals surface area (Å²) < 4.78 is 1.69. The number of rotatable bonds is 4. The van der Waals surface area contributed by atoms with Crippen molar-refractivity contribution < 1.29 is 4.79 Å². The quantitative estimate of drug-likeness (QED) is 0.800. The van der Waals surface area contributed by atoms with Gasteiger partial charge in [0.05, 0.1) is 11.4 Å². The van der Waals surface area contributed by atoms with E-state index in [1.165, 1.54) is 0 Å². The highest BCUT2D eigenvalue weighted by molar-refractivity contribution is 6.03. The van der Waals surface area contributed by atoms with Crippen LogP contribution in [0.2, 0.25) is 0 Å². The summed E-state index contributed by atoms with van der Waals surface area (Å²) in [5.41, 5.74) is 2.96. The van der Waals surface area contributed by atoms with E-state index < -0.39 is 0 Å². The molecule has 23 heavy (non-hydrogen) atoms. The van der Waals surface area contributed by atoms with E-state index in [1.807, 2.05) is 36.4 Å². The van der Waals surface area contributed by atoms with Crippen LogP contribution in [0.25, 0.3) is 5.69 Å². The first-order valence-electron chi connectivity index (χ1n) is 7.52. The Hall–Kier alpha value is -2.95. The van der Waals surface area contributed by atoms with Gasteiger partial charge in [0.25, 0.3) is 5.91 Å². The fraction of sp³-hybridized carbons (Fsp3) is 0.167. The Bertz CT molecular complexity index is 794. The lowest BCUT2D eigenvalue weighted by molar-refractivity contribution is 0.101. The number of pyridine rings is 1. The first kappa shape index (κ1) is 15.0. The zero-order valence-electron chi connectivity index (χ0n) is 13.1. The lowest BCUT2D eigenvalue weighted by atomic mass is 10.1. The fourth-order valence-electron chi connectivity index (χ4n) is 2.24. The van der Waals surface area contributed by atoms with Gasteiger partial charge in [-0.3, -0.25) is 9.78 Å². The number of hydrogen-bond donors (Lipinski definition) is 1. The van der Waals surface area contributed by atoms with Crippen molar-refractivity contribution in [3.8, 4) is 5.69 Å². The molecule has 0 aliphatic heterocycles. The van der Waals surface area contributed by atoms with Gasteiger partial charge >= 0.3 is 0 Å². The minimum Gasteiger partial charge on any atom is -0.321 e. The van der Waals surface area contributed by atoms with Crippen molar-refractivity contribution in [2.45, 2.75) is 19.8 Å². The van der Waals surface area contributed by atoms with E-state index in [2.05, 4.69) is 29.2 Å². The number of aromatic nitrogens is 3. The van der Waals surface area contributed by atoms with Crippen LogP contribution in [-0.4, -0.2) is 20.7 Å². The van der Waals surface area contributed by atoms with Gasteiger partial charge in [0.2, 0.25) is 0 Å². The zero-order chi connectivity index (χ0) is 16.2. The highest BCUT2D eigenvalue weighted by Gasteiger charge is 2.18. The molecule has 0 unspecified atom stereocenters. The Kier molecular flexibility index (Phi) is 4.19. The number of anilines is 1. The predicted octanol–water partition coefficient (Wildman–Crippen LogP) is 3.64. The Labute approximate surface area is 135 Å². The number of benzene rings is 1. The number of amides is 1. The summed E-state index contributed by atoms with van der Waals surface area (Å²) in [5.74, 6) is 0.0480. The van der Waals surface area contributed by atoms with E-state index in [-0.39, 0.29) is 11.8 Å². The van der Waals surface area contributed by atoms with Gasteiger partial charge in [-0.1, -0.05) is 32.0 Å². The van der Waals surface area contributed by atoms with Crippen LogP contribution in [0.15, 0.2) is 60.9 Å². The van der Waals surface area contributed by atoms with Gasteiger partial charge < -0.3 is 5.32 Å². The molecule has 5 heteroatoms. The van der Waals surface area contributed by atoms with E-state index in [9.17, 15) is 4.79 Å². The second-order valence-electron chi connectivity index (χ2n) is 5.55. The van der Waals surface area contributed by atoms with Crippen LogP contribution < -0.4 is 5.32 Å². The summed E-state index contributed by atoms with van der Waals surface area (Å²) >= 11 is 0. The molecule has 0 aliphatic carbocycles. The Morgan fingerprint density at radius 2 is 1.78 bits per heavy atom. The fourth-order valence-corrected chi connectivity index (χ4v) is 2.24. The predicted molar refractivity (Wildman–Crippen MR) is 89.8 cm³/mol. The molecule has 116 valence electrons. The van der Waals surface area contributed by atoms with E-state index in [1.54, 1.807) is 29.2 Å². The highest BCUT2D eigenvalue weighted by atomic mass is 16.2. The molecule has 0 saturated carbocycles. The molecule has 1 N–H and O–H groups in total. The molecule has 2 heterocycles. The molecule has 5 nitrogen and oxygen atoms in total. The molecule has 1 amide bonds. The SMILES string of the molecule is CC(C)c1cc(C(=O)Nc2ccncc2)n(-c2ccccc2)n1. The summed E-state index contributed by atoms with van der Waals surface area (Å²) in [6.45, 7) is 4.12. The van der Waals surface area contributed by atoms with Crippen molar-refractivity contribution in [1.29, 1.82) is 0 Å². The third kappa shape index (κ3) is 3.29. The smallest absolute Gasteiger partial charge is 0.274 e. The molecule has 0 bridgehead atoms. The van der Waals surface area contributed by atoms with Crippen LogP contribution in [0.3, 0.4) is 0 Å². The molecule has 3 rings (SSSR count). The molecule has 0 atom stereocenters. The van der Waals surface area contributed by atoms with E-state index >= 15 is 0 Å². The van der Waals surface area contributed by atoms with Gasteiger partial charge in [-0.25, -0.2) is 4.68 Å². The zero-order valence-corrected chi connectivity index (χ0v) is 13.1. The van der Waals surface area contributed by atoms with Crippen molar-refractivity contribution in [3.05, 3.63) is 72.3 Å². The Balaban J connectivity index is 1.98. The standard InChI is InChI=1S/C18H18N4O/c1-13(2)16-12-17(18(23)20-14-8-10-19-11-9-14)22(21-16)15-6-4-3-5-7-15/h3-13H,1-2H3,(H,19,20,23). The summed E-state index contributed by atoms with van der Waals surface area (Å²) in [6.07, 6.45) is 3.29. The molecule has 0 saturated heterocycles. The third-order valence-corrected chi connectivity index (χ3v) is 3.49. The lowest BCUT2D eigenvalue weighted by Gasteiger charge is -2.08. The lowest BCUT2D eigenvalue weighted by Crippen LogP contribution is -2.16. The van der Waals surface area contributed by atoms with Crippen molar-refractivity contribution in [2.24, 2.45) is 0 Å². The summed E-state index contributed by atoms with van der Waals surface area (Å²) in [7, 11) is 0. The van der Waals surface area contributed by atoms with Gasteiger partial charge in [0.1, 0.15) is 5.69 Å². The maximum atomic E-state index is 12.7. The van der Waals surface area contributed by atoms with Crippen molar-refractivity contribution in [3.63, 3.8) is 0 Å². The summed E-state index contributed by atoms with van der Waals surface area (Å²) in [6, 6.07) is 15.0. The molecule has 1 aromatic carbocycles. The second-order valence-corrected chi connectivity index (χ2v) is 5.55. The number of carbonyl (C=O) groups is 1. The first-order chi connectivity index (χ1) is 11.1. The van der Waals surface area contributed by atoms with Crippen LogP contribution in [0.1, 0.15) is 35.9 Å². The number of hydrogen-bond acceptors (Lipinski definition) is 3. The first-order valence-corrected chi connectivity index (χ1v) is 7.52. The van der Waals surface area contributed by atoms with Crippen LogP contribution in [0, 0.1) is 0 Å². The summed E-state index contributed by atoms with van der Waals surface area (Å²) in [5, 5.41) is 7.47. The number of para-hydroxylation sites is 1. The highest BCUT2D eigenvalue weighted by Crippen LogP contribution is 2.19. The number of nitrogens with zero attached hydrogens (tertiary/aromatic N) is 3. The minimum absolute atomic E-state index is 0.195. The van der Waals surface area contributed by atoms with Crippen LogP contribution in [0.4, 0.5) is 5.69 Å². The maximum absolute atomic E-state index is 12.7. The Morgan fingerprint density at radius 1 is 1.09 bits per heavy atom. The Morgan fingerprint density at radius 3 is 2.43 bits per heavy atom. The molecule has 2 aromatic heterocycles. The number of nitrogens with one attached hydrogen (secondary N) is 1. The molecular formula is C18H18N4O. The summed E-state index contributed by atoms with van der Waals surface area (Å²) in [4.78, 5) is 16.6. The molecule has 3 aromatic rings. The van der Waals surface area contributed by atoms with Crippen LogP contribution >= 0.6 is 0 Å². The van der Waals surface area contributed by atoms with Gasteiger partial charge in [0, 0.05) is 18.1 Å². The van der Waals surface area contributed by atoms with Gasteiger partial charge in [0.15, 0.2) is 0 Å². The average Bonchev–Trinajstić information content (AvgIpc) is 3.02. The minimum atomic E-state index is -0.195. The normalized spacial score (nSPS) is 10.7. The van der Waals surface area contributed by atoms with Crippen LogP contribution in [-0.2, 0) is 0 Å². The molecule has 0 spiro atoms. The molecule has 0 radical (unpaired) electrons. The van der Waals surface area contributed by atoms with Gasteiger partial charge in [-0.2, -0.15) is 5.10 Å². The molecule has 0 aliphatic rings. The van der Waals surface area contributed by atoms with Crippen LogP contribution in [0.5, 0.6) is 0 Å². The van der Waals surface area contributed by atoms with Crippen molar-refractivity contribution in [1.82, 2.24) is 14.8 Å². The largest absolute Gasteiger partial charge is 0.321 e. The topological polar surface area (TPSA) is 59.8 Å². The van der Waals surface area contributed by atoms with E-state index in [0.29, 0.717) is 11.4 Å². The molecule has 0 fully saturated rings. The number of carbonyl (C=O) groups excluding carboxylic acids is 1. The maximum Gasteiger partial charge on any atom is 0.274 e. The van der Waals surface area contributed by atoms with Crippen molar-refractivity contribution >= 4 is 11.6 Å². The second kappa shape index (κ2) is 6.44. The van der Waals surface area contributed by atoms with Gasteiger partial charge in [-0.15, -0.1) is 0 Å². The van der Waals surface area contributed by atoms with Crippen molar-refractivity contribution in [2.75, 3.05) is 5.32 Å². The average molecular weight is 306 g/mol. The van der Waals surface area contributed by atoms with E-state index in [0.717, 1.165) is 11.4 Å². The van der Waals surface area contributed by atoms with E-state index in [4.69, 9.17) is 0 Å². The monoisotopic (exact) mass is 306 g/mol. The van der Waals surface area contributed by atoms with Gasteiger partial charge in [-0.05, 0) is 36.2 Å².